The molecule has 4 nitrogen and oxygen atoms in total. The van der Waals surface area contributed by atoms with Crippen LogP contribution in [0.4, 0.5) is 0 Å². The van der Waals surface area contributed by atoms with Crippen LogP contribution in [0.5, 0.6) is 0 Å². The number of carbonyl (C=O) groups is 2. The molecule has 0 aromatic heterocycles. The number of hydrogen-bond acceptors (Lipinski definition) is 2. The van der Waals surface area contributed by atoms with E-state index in [1.807, 2.05) is 0 Å². The van der Waals surface area contributed by atoms with Gasteiger partial charge in [-0.15, -0.1) is 0 Å². The molecule has 1 fully saturated rings. The molecule has 1 aliphatic rings. The van der Waals surface area contributed by atoms with Crippen molar-refractivity contribution in [2.45, 2.75) is 12.8 Å². The van der Waals surface area contributed by atoms with Gasteiger partial charge >= 0.3 is 0 Å². The van der Waals surface area contributed by atoms with Crippen LogP contribution in [0.15, 0.2) is 12.2 Å². The number of amides is 2. The van der Waals surface area contributed by atoms with Crippen molar-refractivity contribution in [3.63, 3.8) is 0 Å². The predicted molar refractivity (Wildman–Crippen MR) is 44.1 cm³/mol. The van der Waals surface area contributed by atoms with Crippen LogP contribution in [0.1, 0.15) is 12.8 Å². The lowest BCUT2D eigenvalue weighted by Gasteiger charge is -1.97. The van der Waals surface area contributed by atoms with E-state index in [1.165, 1.54) is 12.8 Å². The molecule has 0 unspecified atom stereocenters. The first kappa shape index (κ1) is 8.77. The third-order valence-electron chi connectivity index (χ3n) is 1.66. The van der Waals surface area contributed by atoms with E-state index < -0.39 is 5.91 Å². The van der Waals surface area contributed by atoms with E-state index in [0.29, 0.717) is 12.5 Å². The largest absolute Gasteiger partial charge is 0.366 e. The molecule has 0 aromatic carbocycles. The van der Waals surface area contributed by atoms with Gasteiger partial charge in [0, 0.05) is 18.7 Å². The van der Waals surface area contributed by atoms with Crippen molar-refractivity contribution < 1.29 is 9.59 Å². The van der Waals surface area contributed by atoms with Gasteiger partial charge in [0.1, 0.15) is 0 Å². The van der Waals surface area contributed by atoms with Crippen molar-refractivity contribution in [1.82, 2.24) is 5.32 Å². The van der Waals surface area contributed by atoms with Gasteiger partial charge < -0.3 is 11.1 Å². The molecule has 66 valence electrons. The molecule has 2 amide bonds. The molecule has 0 aromatic rings. The maximum Gasteiger partial charge on any atom is 0.244 e. The van der Waals surface area contributed by atoms with Crippen molar-refractivity contribution >= 4 is 11.8 Å². The summed E-state index contributed by atoms with van der Waals surface area (Å²) in [4.78, 5) is 21.1. The maximum absolute atomic E-state index is 10.9. The lowest BCUT2D eigenvalue weighted by atomic mass is 10.4. The molecule has 1 rings (SSSR count). The summed E-state index contributed by atoms with van der Waals surface area (Å²) in [6.07, 6.45) is 4.60. The lowest BCUT2D eigenvalue weighted by Crippen LogP contribution is -2.23. The Balaban J connectivity index is 2.13. The lowest BCUT2D eigenvalue weighted by molar-refractivity contribution is -0.117. The molecule has 0 atom stereocenters. The van der Waals surface area contributed by atoms with Gasteiger partial charge in [-0.3, -0.25) is 9.59 Å². The number of primary amides is 1. The Morgan fingerprint density at radius 2 is 2.08 bits per heavy atom. The summed E-state index contributed by atoms with van der Waals surface area (Å²) in [5.41, 5.74) is 4.80. The smallest absolute Gasteiger partial charge is 0.244 e. The number of carbonyl (C=O) groups excluding carboxylic acids is 2. The second-order valence-corrected chi connectivity index (χ2v) is 2.92. The monoisotopic (exact) mass is 168 g/mol. The van der Waals surface area contributed by atoms with Crippen LogP contribution in [-0.2, 0) is 9.59 Å². The predicted octanol–water partition coefficient (Wildman–Crippen LogP) is -0.446. The molecule has 4 heteroatoms. The summed E-state index contributed by atoms with van der Waals surface area (Å²) in [7, 11) is 0. The van der Waals surface area contributed by atoms with Crippen LogP contribution in [0.2, 0.25) is 0 Å². The van der Waals surface area contributed by atoms with E-state index in [4.69, 9.17) is 5.73 Å². The second kappa shape index (κ2) is 3.90. The fraction of sp³-hybridized carbons (Fsp3) is 0.500. The first-order chi connectivity index (χ1) is 5.68. The summed E-state index contributed by atoms with van der Waals surface area (Å²) in [5.74, 6) is -0.201. The Morgan fingerprint density at radius 3 is 2.58 bits per heavy atom. The van der Waals surface area contributed by atoms with E-state index in [0.717, 1.165) is 12.2 Å². The van der Waals surface area contributed by atoms with Gasteiger partial charge in [0.05, 0.1) is 0 Å². The zero-order valence-corrected chi connectivity index (χ0v) is 6.75. The van der Waals surface area contributed by atoms with E-state index in [9.17, 15) is 9.59 Å². The topological polar surface area (TPSA) is 72.2 Å². The molecule has 3 N–H and O–H groups in total. The highest BCUT2D eigenvalue weighted by Gasteiger charge is 2.20. The molecule has 0 spiro atoms. The summed E-state index contributed by atoms with van der Waals surface area (Å²) in [5, 5.41) is 2.67. The molecule has 0 saturated heterocycles. The second-order valence-electron chi connectivity index (χ2n) is 2.92. The minimum Gasteiger partial charge on any atom is -0.366 e. The van der Waals surface area contributed by atoms with Gasteiger partial charge in [0.2, 0.25) is 11.8 Å². The Labute approximate surface area is 70.8 Å². The molecule has 0 heterocycles. The van der Waals surface area contributed by atoms with E-state index in [2.05, 4.69) is 5.32 Å². The Hall–Kier alpha value is -1.32. The summed E-state index contributed by atoms with van der Waals surface area (Å²) < 4.78 is 0. The summed E-state index contributed by atoms with van der Waals surface area (Å²) in [6, 6.07) is 0. The van der Waals surface area contributed by atoms with E-state index in [1.54, 1.807) is 0 Å². The molecule has 12 heavy (non-hydrogen) atoms. The van der Waals surface area contributed by atoms with E-state index in [-0.39, 0.29) is 5.91 Å². The van der Waals surface area contributed by atoms with Crippen molar-refractivity contribution in [2.24, 2.45) is 11.7 Å². The van der Waals surface area contributed by atoms with E-state index >= 15 is 0 Å². The third kappa shape index (κ3) is 3.75. The van der Waals surface area contributed by atoms with Crippen molar-refractivity contribution in [3.05, 3.63) is 12.2 Å². The highest BCUT2D eigenvalue weighted by molar-refractivity contribution is 5.95. The minimum absolute atomic E-state index is 0.249. The number of rotatable bonds is 4. The molecule has 0 bridgehead atoms. The Kier molecular flexibility index (Phi) is 2.85. The van der Waals surface area contributed by atoms with Crippen molar-refractivity contribution in [2.75, 3.05) is 6.54 Å². The first-order valence-corrected chi connectivity index (χ1v) is 3.94. The summed E-state index contributed by atoms with van der Waals surface area (Å²) >= 11 is 0. The Bertz CT molecular complexity index is 219. The minimum atomic E-state index is -0.600. The standard InChI is InChI=1S/C8H12N2O2/c9-7(11)3-4-8(12)10-5-6-1-2-6/h3-4,6H,1-2,5H2,(H2,9,11)(H,10,12)/b4-3+. The molecule has 0 radical (unpaired) electrons. The third-order valence-corrected chi connectivity index (χ3v) is 1.66. The highest BCUT2D eigenvalue weighted by atomic mass is 16.2. The Morgan fingerprint density at radius 1 is 1.42 bits per heavy atom. The van der Waals surface area contributed by atoms with Crippen LogP contribution in [0.25, 0.3) is 0 Å². The van der Waals surface area contributed by atoms with Crippen LogP contribution < -0.4 is 11.1 Å². The van der Waals surface area contributed by atoms with Gasteiger partial charge in [-0.2, -0.15) is 0 Å². The maximum atomic E-state index is 10.9. The van der Waals surface area contributed by atoms with Crippen LogP contribution in [-0.4, -0.2) is 18.4 Å². The van der Waals surface area contributed by atoms with Gasteiger partial charge in [-0.05, 0) is 18.8 Å². The fourth-order valence-electron chi connectivity index (χ4n) is 0.784. The molecule has 0 aliphatic heterocycles. The van der Waals surface area contributed by atoms with Crippen LogP contribution in [0, 0.1) is 5.92 Å². The van der Waals surface area contributed by atoms with Gasteiger partial charge in [0.15, 0.2) is 0 Å². The zero-order valence-electron chi connectivity index (χ0n) is 6.75. The number of hydrogen-bond donors (Lipinski definition) is 2. The average Bonchev–Trinajstić information content (AvgIpc) is 2.80. The SMILES string of the molecule is NC(=O)/C=C/C(=O)NCC1CC1. The molecule has 1 aliphatic carbocycles. The quantitative estimate of drug-likeness (QED) is 0.558. The molecular weight excluding hydrogens is 156 g/mol. The van der Waals surface area contributed by atoms with Gasteiger partial charge in [0.25, 0.3) is 0 Å². The van der Waals surface area contributed by atoms with Gasteiger partial charge in [-0.1, -0.05) is 0 Å². The number of nitrogens with two attached hydrogens (primary N) is 1. The van der Waals surface area contributed by atoms with Crippen molar-refractivity contribution in [1.29, 1.82) is 0 Å². The first-order valence-electron chi connectivity index (χ1n) is 3.94. The molecule has 1 saturated carbocycles. The average molecular weight is 168 g/mol. The van der Waals surface area contributed by atoms with Crippen LogP contribution >= 0.6 is 0 Å². The highest BCUT2D eigenvalue weighted by Crippen LogP contribution is 2.27. The van der Waals surface area contributed by atoms with Crippen molar-refractivity contribution in [3.8, 4) is 0 Å². The normalized spacial score (nSPS) is 16.3. The number of nitrogens with one attached hydrogen (secondary N) is 1. The summed E-state index contributed by atoms with van der Waals surface area (Å²) in [6.45, 7) is 0.710. The fourth-order valence-corrected chi connectivity index (χ4v) is 0.784. The molecular formula is C8H12N2O2. The van der Waals surface area contributed by atoms with Crippen LogP contribution in [0.3, 0.4) is 0 Å². The van der Waals surface area contributed by atoms with Gasteiger partial charge in [-0.25, -0.2) is 0 Å². The zero-order chi connectivity index (χ0) is 8.97.